The second-order valence-corrected chi connectivity index (χ2v) is 7.76. The number of hydrogen-bond donors (Lipinski definition) is 2. The van der Waals surface area contributed by atoms with Gasteiger partial charge in [0.25, 0.3) is 5.91 Å². The SMILES string of the molecule is CCCCC1(c2ccc(F)cc2)NC(=O)N(CC(=O)Nc2cc(C)cc(C)c2)C1=O. The molecule has 158 valence electrons. The standard InChI is InChI=1S/C23H26FN3O3/c1-4-5-10-23(17-6-8-18(24)9-7-17)21(29)27(22(30)26-23)14-20(28)25-19-12-15(2)11-16(3)13-19/h6-9,11-13H,4-5,10,14H2,1-3H3,(H,25,28)(H,26,30). The van der Waals surface area contributed by atoms with E-state index in [0.29, 0.717) is 24.1 Å². The highest BCUT2D eigenvalue weighted by Gasteiger charge is 2.52. The Hall–Kier alpha value is -3.22. The van der Waals surface area contributed by atoms with Gasteiger partial charge in [0, 0.05) is 5.69 Å². The van der Waals surface area contributed by atoms with Crippen LogP contribution in [0.25, 0.3) is 0 Å². The molecule has 1 atom stereocenters. The Labute approximate surface area is 175 Å². The molecule has 0 bridgehead atoms. The Morgan fingerprint density at radius 2 is 1.73 bits per heavy atom. The van der Waals surface area contributed by atoms with E-state index in [9.17, 15) is 18.8 Å². The molecule has 3 rings (SSSR count). The van der Waals surface area contributed by atoms with Crippen LogP contribution in [-0.4, -0.2) is 29.3 Å². The summed E-state index contributed by atoms with van der Waals surface area (Å²) in [7, 11) is 0. The molecule has 0 aromatic heterocycles. The van der Waals surface area contributed by atoms with Crippen LogP contribution in [0.4, 0.5) is 14.9 Å². The van der Waals surface area contributed by atoms with Gasteiger partial charge in [-0.3, -0.25) is 14.5 Å². The van der Waals surface area contributed by atoms with Crippen molar-refractivity contribution < 1.29 is 18.8 Å². The molecule has 4 amide bonds. The summed E-state index contributed by atoms with van der Waals surface area (Å²) < 4.78 is 13.4. The van der Waals surface area contributed by atoms with Crippen molar-refractivity contribution in [2.24, 2.45) is 0 Å². The summed E-state index contributed by atoms with van der Waals surface area (Å²) >= 11 is 0. The molecule has 1 fully saturated rings. The van der Waals surface area contributed by atoms with Gasteiger partial charge in [0.15, 0.2) is 0 Å². The molecule has 1 aliphatic rings. The second kappa shape index (κ2) is 8.65. The first-order valence-corrected chi connectivity index (χ1v) is 10.0. The fourth-order valence-corrected chi connectivity index (χ4v) is 3.85. The van der Waals surface area contributed by atoms with Crippen LogP contribution in [0.3, 0.4) is 0 Å². The predicted molar refractivity (Wildman–Crippen MR) is 112 cm³/mol. The first-order chi connectivity index (χ1) is 14.2. The summed E-state index contributed by atoms with van der Waals surface area (Å²) in [5, 5.41) is 5.51. The predicted octanol–water partition coefficient (Wildman–Crippen LogP) is 4.02. The molecule has 0 radical (unpaired) electrons. The molecule has 7 heteroatoms. The maximum atomic E-state index is 13.4. The lowest BCUT2D eigenvalue weighted by atomic mass is 9.85. The van der Waals surface area contributed by atoms with Crippen molar-refractivity contribution in [3.8, 4) is 0 Å². The highest BCUT2D eigenvalue weighted by atomic mass is 19.1. The Bertz CT molecular complexity index is 954. The molecule has 1 saturated heterocycles. The molecule has 6 nitrogen and oxygen atoms in total. The minimum Gasteiger partial charge on any atom is -0.325 e. The van der Waals surface area contributed by atoms with E-state index in [1.165, 1.54) is 24.3 Å². The van der Waals surface area contributed by atoms with Crippen molar-refractivity contribution in [3.05, 3.63) is 65.0 Å². The van der Waals surface area contributed by atoms with E-state index in [0.717, 1.165) is 22.4 Å². The molecular weight excluding hydrogens is 385 g/mol. The zero-order valence-corrected chi connectivity index (χ0v) is 17.4. The van der Waals surface area contributed by atoms with Crippen LogP contribution >= 0.6 is 0 Å². The number of carbonyl (C=O) groups is 3. The maximum Gasteiger partial charge on any atom is 0.325 e. The summed E-state index contributed by atoms with van der Waals surface area (Å²) in [5.41, 5.74) is 1.82. The second-order valence-electron chi connectivity index (χ2n) is 7.76. The van der Waals surface area contributed by atoms with Gasteiger partial charge in [0.1, 0.15) is 17.9 Å². The number of urea groups is 1. The summed E-state index contributed by atoms with van der Waals surface area (Å²) in [4.78, 5) is 39.4. The van der Waals surface area contributed by atoms with Crippen LogP contribution in [-0.2, 0) is 15.1 Å². The number of hydrogen-bond acceptors (Lipinski definition) is 3. The first-order valence-electron chi connectivity index (χ1n) is 10.0. The van der Waals surface area contributed by atoms with Crippen LogP contribution in [0.2, 0.25) is 0 Å². The number of imide groups is 1. The van der Waals surface area contributed by atoms with E-state index in [1.807, 2.05) is 39.0 Å². The Morgan fingerprint density at radius 3 is 2.33 bits per heavy atom. The topological polar surface area (TPSA) is 78.5 Å². The van der Waals surface area contributed by atoms with E-state index in [2.05, 4.69) is 10.6 Å². The van der Waals surface area contributed by atoms with Crippen molar-refractivity contribution in [1.29, 1.82) is 0 Å². The number of unbranched alkanes of at least 4 members (excludes halogenated alkanes) is 1. The van der Waals surface area contributed by atoms with Gasteiger partial charge in [0.05, 0.1) is 0 Å². The minimum atomic E-state index is -1.29. The molecule has 0 saturated carbocycles. The molecule has 1 aliphatic heterocycles. The quantitative estimate of drug-likeness (QED) is 0.676. The number of benzene rings is 2. The zero-order valence-electron chi connectivity index (χ0n) is 17.4. The van der Waals surface area contributed by atoms with E-state index in [1.54, 1.807) is 0 Å². The largest absolute Gasteiger partial charge is 0.325 e. The Balaban J connectivity index is 1.82. The van der Waals surface area contributed by atoms with Gasteiger partial charge in [-0.05, 0) is 61.2 Å². The average Bonchev–Trinajstić information content (AvgIpc) is 2.91. The molecule has 1 heterocycles. The van der Waals surface area contributed by atoms with Crippen LogP contribution in [0, 0.1) is 19.7 Å². The average molecular weight is 411 g/mol. The highest BCUT2D eigenvalue weighted by molar-refractivity contribution is 6.10. The molecule has 2 N–H and O–H groups in total. The molecule has 30 heavy (non-hydrogen) atoms. The van der Waals surface area contributed by atoms with Gasteiger partial charge in [-0.15, -0.1) is 0 Å². The number of anilines is 1. The number of rotatable bonds is 7. The van der Waals surface area contributed by atoms with E-state index in [4.69, 9.17) is 0 Å². The van der Waals surface area contributed by atoms with E-state index < -0.39 is 35.7 Å². The van der Waals surface area contributed by atoms with E-state index >= 15 is 0 Å². The fraction of sp³-hybridized carbons (Fsp3) is 0.348. The number of nitrogens with one attached hydrogen (secondary N) is 2. The van der Waals surface area contributed by atoms with Crippen molar-refractivity contribution >= 4 is 23.5 Å². The van der Waals surface area contributed by atoms with Crippen molar-refractivity contribution in [1.82, 2.24) is 10.2 Å². The third-order valence-corrected chi connectivity index (χ3v) is 5.23. The molecular formula is C23H26FN3O3. The lowest BCUT2D eigenvalue weighted by molar-refractivity contribution is -0.134. The number of amides is 4. The fourth-order valence-electron chi connectivity index (χ4n) is 3.85. The molecule has 2 aromatic rings. The third-order valence-electron chi connectivity index (χ3n) is 5.23. The van der Waals surface area contributed by atoms with Gasteiger partial charge < -0.3 is 10.6 Å². The maximum absolute atomic E-state index is 13.4. The Morgan fingerprint density at radius 1 is 1.10 bits per heavy atom. The van der Waals surface area contributed by atoms with Crippen LogP contribution in [0.15, 0.2) is 42.5 Å². The first kappa shape index (κ1) is 21.5. The molecule has 2 aromatic carbocycles. The van der Waals surface area contributed by atoms with Gasteiger partial charge in [-0.1, -0.05) is 38.0 Å². The number of aryl methyl sites for hydroxylation is 2. The smallest absolute Gasteiger partial charge is 0.325 e. The minimum absolute atomic E-state index is 0.370. The van der Waals surface area contributed by atoms with Gasteiger partial charge in [0.2, 0.25) is 5.91 Å². The van der Waals surface area contributed by atoms with Crippen molar-refractivity contribution in [2.45, 2.75) is 45.6 Å². The van der Waals surface area contributed by atoms with Gasteiger partial charge >= 0.3 is 6.03 Å². The monoisotopic (exact) mass is 411 g/mol. The summed E-state index contributed by atoms with van der Waals surface area (Å²) in [6, 6.07) is 10.5. The lowest BCUT2D eigenvalue weighted by Gasteiger charge is -2.27. The van der Waals surface area contributed by atoms with Gasteiger partial charge in [-0.2, -0.15) is 0 Å². The van der Waals surface area contributed by atoms with E-state index in [-0.39, 0.29) is 0 Å². The number of carbonyl (C=O) groups excluding carboxylic acids is 3. The number of halogens is 1. The zero-order chi connectivity index (χ0) is 21.9. The highest BCUT2D eigenvalue weighted by Crippen LogP contribution is 2.34. The molecule has 1 unspecified atom stereocenters. The normalized spacial score (nSPS) is 18.5. The third kappa shape index (κ3) is 4.35. The summed E-state index contributed by atoms with van der Waals surface area (Å²) in [6.45, 7) is 5.43. The molecule has 0 spiro atoms. The van der Waals surface area contributed by atoms with Crippen molar-refractivity contribution in [3.63, 3.8) is 0 Å². The summed E-state index contributed by atoms with van der Waals surface area (Å²) in [6.07, 6.45) is 1.88. The van der Waals surface area contributed by atoms with Crippen LogP contribution in [0.1, 0.15) is 42.9 Å². The lowest BCUT2D eigenvalue weighted by Crippen LogP contribution is -2.44. The number of nitrogens with zero attached hydrogens (tertiary/aromatic N) is 1. The Kier molecular flexibility index (Phi) is 6.20. The molecule has 0 aliphatic carbocycles. The summed E-state index contributed by atoms with van der Waals surface area (Å²) in [5.74, 6) is -1.39. The van der Waals surface area contributed by atoms with Crippen LogP contribution < -0.4 is 10.6 Å². The van der Waals surface area contributed by atoms with Gasteiger partial charge in [-0.25, -0.2) is 9.18 Å². The van der Waals surface area contributed by atoms with Crippen molar-refractivity contribution in [2.75, 3.05) is 11.9 Å². The van der Waals surface area contributed by atoms with Crippen LogP contribution in [0.5, 0.6) is 0 Å².